The van der Waals surface area contributed by atoms with Gasteiger partial charge in [0.2, 0.25) is 0 Å². The summed E-state index contributed by atoms with van der Waals surface area (Å²) in [6.07, 6.45) is 0. The van der Waals surface area contributed by atoms with Gasteiger partial charge in [-0.2, -0.15) is 0 Å². The Morgan fingerprint density at radius 2 is 2.50 bits per heavy atom. The molecule has 5 heteroatoms. The minimum absolute atomic E-state index is 0.124. The number of aromatic nitrogens is 2. The molecule has 12 heavy (non-hydrogen) atoms. The summed E-state index contributed by atoms with van der Waals surface area (Å²) >= 11 is 1.36. The molecule has 0 atom stereocenters. The Balaban J connectivity index is 2.79. The predicted molar refractivity (Wildman–Crippen MR) is 47.3 cm³/mol. The number of thioether (sulfide) groups is 1. The summed E-state index contributed by atoms with van der Waals surface area (Å²) < 4.78 is 4.83. The van der Waals surface area contributed by atoms with E-state index in [0.717, 1.165) is 5.69 Å². The second-order valence-electron chi connectivity index (χ2n) is 2.24. The van der Waals surface area contributed by atoms with Gasteiger partial charge in [0.05, 0.1) is 5.94 Å². The summed E-state index contributed by atoms with van der Waals surface area (Å²) in [4.78, 5) is 17.6. The van der Waals surface area contributed by atoms with Crippen molar-refractivity contribution in [2.24, 2.45) is 0 Å². The molecule has 66 valence electrons. The number of ether oxygens (including phenoxy) is 1. The number of methoxy groups -OCH3 is 1. The van der Waals surface area contributed by atoms with Gasteiger partial charge in [0.25, 0.3) is 5.56 Å². The first-order chi connectivity index (χ1) is 5.72. The van der Waals surface area contributed by atoms with Crippen molar-refractivity contribution in [3.05, 3.63) is 22.1 Å². The van der Waals surface area contributed by atoms with Crippen LogP contribution in [0.25, 0.3) is 0 Å². The summed E-state index contributed by atoms with van der Waals surface area (Å²) in [5, 5.41) is 0.599. The van der Waals surface area contributed by atoms with Gasteiger partial charge in [-0.15, -0.1) is 0 Å². The largest absolute Gasteiger partial charge is 0.374 e. The molecule has 0 radical (unpaired) electrons. The quantitative estimate of drug-likeness (QED) is 0.430. The standard InChI is InChI=1S/C7H10N2O2S/c1-5-3-6(10)9-7(8-5)12-4-11-2/h3H,4H2,1-2H3,(H,8,9,10). The van der Waals surface area contributed by atoms with Crippen LogP contribution in [0, 0.1) is 6.92 Å². The number of aromatic amines is 1. The molecule has 0 fully saturated rings. The average molecular weight is 186 g/mol. The fourth-order valence-electron chi connectivity index (χ4n) is 0.735. The molecule has 1 heterocycles. The number of nitrogens with one attached hydrogen (secondary N) is 1. The molecule has 0 spiro atoms. The minimum Gasteiger partial charge on any atom is -0.374 e. The molecular weight excluding hydrogens is 176 g/mol. The number of hydrogen-bond donors (Lipinski definition) is 1. The van der Waals surface area contributed by atoms with Crippen molar-refractivity contribution < 1.29 is 4.74 Å². The Morgan fingerprint density at radius 1 is 1.75 bits per heavy atom. The highest BCUT2D eigenvalue weighted by Crippen LogP contribution is 2.09. The van der Waals surface area contributed by atoms with Crippen LogP contribution < -0.4 is 5.56 Å². The summed E-state index contributed by atoms with van der Waals surface area (Å²) in [6, 6.07) is 1.46. The molecule has 1 N–H and O–H groups in total. The Morgan fingerprint density at radius 3 is 3.08 bits per heavy atom. The van der Waals surface area contributed by atoms with Gasteiger partial charge >= 0.3 is 0 Å². The molecule has 0 saturated carbocycles. The van der Waals surface area contributed by atoms with E-state index in [9.17, 15) is 4.79 Å². The van der Waals surface area contributed by atoms with Crippen LogP contribution in [0.2, 0.25) is 0 Å². The molecule has 0 saturated heterocycles. The topological polar surface area (TPSA) is 55.0 Å². The third-order valence-electron chi connectivity index (χ3n) is 1.16. The van der Waals surface area contributed by atoms with E-state index in [1.54, 1.807) is 14.0 Å². The van der Waals surface area contributed by atoms with Gasteiger partial charge < -0.3 is 9.72 Å². The number of hydrogen-bond acceptors (Lipinski definition) is 4. The van der Waals surface area contributed by atoms with Crippen LogP contribution in [0.15, 0.2) is 16.0 Å². The Hall–Kier alpha value is -0.810. The third kappa shape index (κ3) is 2.67. The number of rotatable bonds is 3. The normalized spacial score (nSPS) is 10.2. The van der Waals surface area contributed by atoms with E-state index in [1.165, 1.54) is 17.8 Å². The molecule has 1 aromatic heterocycles. The molecule has 0 unspecified atom stereocenters. The van der Waals surface area contributed by atoms with E-state index in [4.69, 9.17) is 4.74 Å². The first kappa shape index (κ1) is 9.28. The van der Waals surface area contributed by atoms with Crippen molar-refractivity contribution in [2.75, 3.05) is 13.0 Å². The van der Waals surface area contributed by atoms with Gasteiger partial charge in [-0.25, -0.2) is 4.98 Å². The van der Waals surface area contributed by atoms with E-state index in [2.05, 4.69) is 9.97 Å². The molecule has 0 aliphatic rings. The number of H-pyrrole nitrogens is 1. The van der Waals surface area contributed by atoms with Crippen LogP contribution in [0.1, 0.15) is 5.69 Å². The zero-order valence-corrected chi connectivity index (χ0v) is 7.77. The Bertz CT molecular complexity index is 311. The summed E-state index contributed by atoms with van der Waals surface area (Å²) in [5.74, 6) is 0.492. The summed E-state index contributed by atoms with van der Waals surface area (Å²) in [5.41, 5.74) is 0.596. The summed E-state index contributed by atoms with van der Waals surface area (Å²) in [6.45, 7) is 1.78. The maximum atomic E-state index is 10.9. The van der Waals surface area contributed by atoms with Crippen molar-refractivity contribution in [3.8, 4) is 0 Å². The first-order valence-corrected chi connectivity index (χ1v) is 4.40. The van der Waals surface area contributed by atoms with E-state index in [-0.39, 0.29) is 5.56 Å². The van der Waals surface area contributed by atoms with Gasteiger partial charge in [-0.05, 0) is 6.92 Å². The van der Waals surface area contributed by atoms with Crippen LogP contribution in [0.4, 0.5) is 0 Å². The zero-order chi connectivity index (χ0) is 8.97. The molecule has 0 bridgehead atoms. The first-order valence-electron chi connectivity index (χ1n) is 3.42. The molecule has 1 rings (SSSR count). The van der Waals surface area contributed by atoms with Crippen LogP contribution in [-0.2, 0) is 4.74 Å². The lowest BCUT2D eigenvalue weighted by molar-refractivity contribution is 0.258. The minimum atomic E-state index is -0.124. The van der Waals surface area contributed by atoms with Crippen molar-refractivity contribution in [1.82, 2.24) is 9.97 Å². The maximum Gasteiger partial charge on any atom is 0.251 e. The van der Waals surface area contributed by atoms with Crippen molar-refractivity contribution in [3.63, 3.8) is 0 Å². The predicted octanol–water partition coefficient (Wildman–Crippen LogP) is 0.774. The van der Waals surface area contributed by atoms with Crippen molar-refractivity contribution in [1.29, 1.82) is 0 Å². The lowest BCUT2D eigenvalue weighted by atomic mass is 10.5. The zero-order valence-electron chi connectivity index (χ0n) is 6.96. The average Bonchev–Trinajstić information content (AvgIpc) is 1.99. The molecule has 0 aromatic carbocycles. The van der Waals surface area contributed by atoms with Gasteiger partial charge in [0.15, 0.2) is 5.16 Å². The van der Waals surface area contributed by atoms with Crippen molar-refractivity contribution >= 4 is 11.8 Å². The second kappa shape index (κ2) is 4.27. The van der Waals surface area contributed by atoms with Gasteiger partial charge in [-0.3, -0.25) is 4.79 Å². The van der Waals surface area contributed by atoms with E-state index in [0.29, 0.717) is 11.1 Å². The lowest BCUT2D eigenvalue weighted by Crippen LogP contribution is -2.08. The van der Waals surface area contributed by atoms with Gasteiger partial charge in [0.1, 0.15) is 0 Å². The van der Waals surface area contributed by atoms with Crippen molar-refractivity contribution in [2.45, 2.75) is 12.1 Å². The molecule has 0 aliphatic heterocycles. The number of nitrogens with zero attached hydrogens (tertiary/aromatic N) is 1. The second-order valence-corrected chi connectivity index (χ2v) is 3.15. The Kier molecular flexibility index (Phi) is 3.31. The molecule has 4 nitrogen and oxygen atoms in total. The van der Waals surface area contributed by atoms with Crippen LogP contribution in [0.3, 0.4) is 0 Å². The maximum absolute atomic E-state index is 10.9. The third-order valence-corrected chi connectivity index (χ3v) is 1.98. The SMILES string of the molecule is COCSc1nc(C)cc(=O)[nH]1. The number of aryl methyl sites for hydroxylation is 1. The van der Waals surface area contributed by atoms with Crippen LogP contribution in [0.5, 0.6) is 0 Å². The Labute approximate surface area is 74.4 Å². The molecule has 1 aromatic rings. The van der Waals surface area contributed by atoms with Crippen LogP contribution in [-0.4, -0.2) is 23.0 Å². The van der Waals surface area contributed by atoms with E-state index >= 15 is 0 Å². The van der Waals surface area contributed by atoms with E-state index < -0.39 is 0 Å². The molecule has 0 amide bonds. The lowest BCUT2D eigenvalue weighted by Gasteiger charge is -1.98. The fraction of sp³-hybridized carbons (Fsp3) is 0.429. The molecular formula is C7H10N2O2S. The fourth-order valence-corrected chi connectivity index (χ4v) is 1.35. The smallest absolute Gasteiger partial charge is 0.251 e. The monoisotopic (exact) mass is 186 g/mol. The van der Waals surface area contributed by atoms with E-state index in [1.807, 2.05) is 0 Å². The van der Waals surface area contributed by atoms with Gasteiger partial charge in [0, 0.05) is 18.9 Å². The summed E-state index contributed by atoms with van der Waals surface area (Å²) in [7, 11) is 1.60. The van der Waals surface area contributed by atoms with Crippen LogP contribution >= 0.6 is 11.8 Å². The highest BCUT2D eigenvalue weighted by Gasteiger charge is 1.97. The highest BCUT2D eigenvalue weighted by atomic mass is 32.2. The molecule has 0 aliphatic carbocycles. The van der Waals surface area contributed by atoms with Gasteiger partial charge in [-0.1, -0.05) is 11.8 Å². The highest BCUT2D eigenvalue weighted by molar-refractivity contribution is 7.99.